The number of ether oxygens (including phenoxy) is 1. The fourth-order valence-electron chi connectivity index (χ4n) is 1.08. The Morgan fingerprint density at radius 2 is 1.50 bits per heavy atom. The third kappa shape index (κ3) is 1.58. The molecule has 1 aliphatic heterocycles. The van der Waals surface area contributed by atoms with Gasteiger partial charge in [-0.25, -0.2) is 0 Å². The molecule has 1 rings (SSSR count). The van der Waals surface area contributed by atoms with E-state index in [2.05, 4.69) is 4.74 Å². The molecule has 1 heterocycles. The SMILES string of the molecule is OC[C@H]1O[C@H](O)[C@H](O)C(O)[C@H]1O. The summed E-state index contributed by atoms with van der Waals surface area (Å²) in [6, 6.07) is 0. The lowest BCUT2D eigenvalue weighted by Crippen LogP contribution is -2.58. The Bertz CT molecular complexity index is 146. The van der Waals surface area contributed by atoms with Crippen LogP contribution < -0.4 is 0 Å². The van der Waals surface area contributed by atoms with Crippen LogP contribution in [0.15, 0.2) is 0 Å². The third-order valence-corrected chi connectivity index (χ3v) is 1.87. The van der Waals surface area contributed by atoms with E-state index >= 15 is 0 Å². The molecule has 6 heteroatoms. The van der Waals surface area contributed by atoms with Crippen molar-refractivity contribution in [1.29, 1.82) is 0 Å². The summed E-state index contributed by atoms with van der Waals surface area (Å²) < 4.78 is 4.58. The van der Waals surface area contributed by atoms with E-state index in [9.17, 15) is 0 Å². The van der Waals surface area contributed by atoms with Crippen LogP contribution in [-0.2, 0) is 4.74 Å². The maximum Gasteiger partial charge on any atom is 0.184 e. The van der Waals surface area contributed by atoms with Gasteiger partial charge in [-0.05, 0) is 0 Å². The summed E-state index contributed by atoms with van der Waals surface area (Å²) in [6.45, 7) is -0.526. The smallest absolute Gasteiger partial charge is 0.184 e. The number of aliphatic hydroxyl groups is 5. The second-order valence-electron chi connectivity index (χ2n) is 2.72. The minimum atomic E-state index is -1.57. The molecule has 0 spiro atoms. The average molecular weight is 180 g/mol. The van der Waals surface area contributed by atoms with Crippen molar-refractivity contribution in [2.24, 2.45) is 0 Å². The lowest BCUT2D eigenvalue weighted by atomic mass is 10.00. The summed E-state index contributed by atoms with van der Waals surface area (Å²) >= 11 is 0. The van der Waals surface area contributed by atoms with E-state index < -0.39 is 37.3 Å². The van der Waals surface area contributed by atoms with Gasteiger partial charge in [0, 0.05) is 0 Å². The summed E-state index contributed by atoms with van der Waals surface area (Å²) in [4.78, 5) is 0. The van der Waals surface area contributed by atoms with Gasteiger partial charge in [0.05, 0.1) is 6.61 Å². The molecule has 0 bridgehead atoms. The molecule has 0 amide bonds. The van der Waals surface area contributed by atoms with Crippen molar-refractivity contribution in [1.82, 2.24) is 0 Å². The van der Waals surface area contributed by atoms with E-state index in [4.69, 9.17) is 25.5 Å². The van der Waals surface area contributed by atoms with Crippen molar-refractivity contribution in [2.75, 3.05) is 6.61 Å². The molecule has 5 N–H and O–H groups in total. The van der Waals surface area contributed by atoms with Crippen LogP contribution in [0.25, 0.3) is 0 Å². The van der Waals surface area contributed by atoms with Gasteiger partial charge in [-0.3, -0.25) is 0 Å². The van der Waals surface area contributed by atoms with Gasteiger partial charge in [0.15, 0.2) is 6.29 Å². The van der Waals surface area contributed by atoms with Gasteiger partial charge in [0.2, 0.25) is 0 Å². The van der Waals surface area contributed by atoms with E-state index in [1.54, 1.807) is 0 Å². The Hall–Kier alpha value is -0.240. The molecule has 1 unspecified atom stereocenters. The molecule has 1 fully saturated rings. The van der Waals surface area contributed by atoms with Crippen molar-refractivity contribution in [3.63, 3.8) is 0 Å². The average Bonchev–Trinajstić information content (AvgIpc) is 2.08. The minimum Gasteiger partial charge on any atom is -0.394 e. The van der Waals surface area contributed by atoms with Crippen LogP contribution in [-0.4, -0.2) is 62.8 Å². The zero-order valence-electron chi connectivity index (χ0n) is 6.24. The van der Waals surface area contributed by atoms with Gasteiger partial charge in [-0.2, -0.15) is 0 Å². The first-order valence-electron chi connectivity index (χ1n) is 3.56. The molecular formula is C6H12O6. The second-order valence-corrected chi connectivity index (χ2v) is 2.72. The Labute approximate surface area is 68.6 Å². The lowest BCUT2D eigenvalue weighted by Gasteiger charge is -2.37. The van der Waals surface area contributed by atoms with Crippen LogP contribution >= 0.6 is 0 Å². The highest BCUT2D eigenvalue weighted by atomic mass is 16.6. The number of hydrogen-bond donors (Lipinski definition) is 5. The van der Waals surface area contributed by atoms with Crippen LogP contribution in [0.2, 0.25) is 0 Å². The van der Waals surface area contributed by atoms with E-state index in [-0.39, 0.29) is 0 Å². The zero-order chi connectivity index (χ0) is 9.30. The monoisotopic (exact) mass is 180 g/mol. The van der Waals surface area contributed by atoms with Crippen LogP contribution in [0.5, 0.6) is 0 Å². The largest absolute Gasteiger partial charge is 0.394 e. The Kier molecular flexibility index (Phi) is 2.99. The molecule has 0 radical (unpaired) electrons. The molecule has 72 valence electrons. The fourth-order valence-corrected chi connectivity index (χ4v) is 1.08. The summed E-state index contributed by atoms with van der Waals surface area (Å²) in [6.07, 6.45) is -7.04. The quantitative estimate of drug-likeness (QED) is 0.290. The van der Waals surface area contributed by atoms with Gasteiger partial charge in [-0.1, -0.05) is 0 Å². The van der Waals surface area contributed by atoms with Crippen molar-refractivity contribution >= 4 is 0 Å². The molecule has 5 atom stereocenters. The normalized spacial score (nSPS) is 49.2. The molecular weight excluding hydrogens is 168 g/mol. The fraction of sp³-hybridized carbons (Fsp3) is 1.00. The lowest BCUT2D eigenvalue weighted by molar-refractivity contribution is -0.286. The summed E-state index contributed by atoms with van der Waals surface area (Å²) in [5, 5.41) is 44.7. The summed E-state index contributed by atoms with van der Waals surface area (Å²) in [5.74, 6) is 0. The Morgan fingerprint density at radius 1 is 0.917 bits per heavy atom. The van der Waals surface area contributed by atoms with Crippen molar-refractivity contribution < 1.29 is 30.3 Å². The van der Waals surface area contributed by atoms with Crippen LogP contribution in [0.4, 0.5) is 0 Å². The predicted molar refractivity (Wildman–Crippen MR) is 36.0 cm³/mol. The third-order valence-electron chi connectivity index (χ3n) is 1.87. The van der Waals surface area contributed by atoms with Crippen molar-refractivity contribution in [3.8, 4) is 0 Å². The van der Waals surface area contributed by atoms with Gasteiger partial charge in [-0.15, -0.1) is 0 Å². The first-order valence-corrected chi connectivity index (χ1v) is 3.56. The molecule has 1 saturated heterocycles. The predicted octanol–water partition coefficient (Wildman–Crippen LogP) is -3.22. The summed E-state index contributed by atoms with van der Waals surface area (Å²) in [7, 11) is 0. The molecule has 0 aromatic carbocycles. The van der Waals surface area contributed by atoms with Crippen LogP contribution in [0.1, 0.15) is 0 Å². The standard InChI is InChI=1S/C6H12O6/c7-1-2-3(8)4(9)5(10)6(11)12-2/h2-11H,1H2/t2-,3+,4?,5-,6+/m1/s1. The Balaban J connectivity index is 2.63. The first-order chi connectivity index (χ1) is 5.57. The topological polar surface area (TPSA) is 110 Å². The molecule has 0 saturated carbocycles. The first kappa shape index (κ1) is 9.85. The molecule has 1 aliphatic rings. The highest BCUT2D eigenvalue weighted by Crippen LogP contribution is 2.18. The molecule has 0 aliphatic carbocycles. The maximum absolute atomic E-state index is 9.12. The Morgan fingerprint density at radius 3 is 2.00 bits per heavy atom. The molecule has 0 aromatic rings. The van der Waals surface area contributed by atoms with E-state index in [0.717, 1.165) is 0 Å². The van der Waals surface area contributed by atoms with Crippen LogP contribution in [0.3, 0.4) is 0 Å². The van der Waals surface area contributed by atoms with Gasteiger partial charge >= 0.3 is 0 Å². The van der Waals surface area contributed by atoms with E-state index in [1.807, 2.05) is 0 Å². The molecule has 0 aromatic heterocycles. The highest BCUT2D eigenvalue weighted by molar-refractivity contribution is 4.87. The van der Waals surface area contributed by atoms with Gasteiger partial charge in [0.1, 0.15) is 24.4 Å². The van der Waals surface area contributed by atoms with Crippen LogP contribution in [0, 0.1) is 0 Å². The van der Waals surface area contributed by atoms with Gasteiger partial charge in [0.25, 0.3) is 0 Å². The molecule has 12 heavy (non-hydrogen) atoms. The van der Waals surface area contributed by atoms with Gasteiger partial charge < -0.3 is 30.3 Å². The second kappa shape index (κ2) is 3.65. The zero-order valence-corrected chi connectivity index (χ0v) is 6.24. The van der Waals surface area contributed by atoms with E-state index in [0.29, 0.717) is 0 Å². The maximum atomic E-state index is 9.12. The summed E-state index contributed by atoms with van der Waals surface area (Å²) in [5.41, 5.74) is 0. The van der Waals surface area contributed by atoms with Crippen molar-refractivity contribution in [2.45, 2.75) is 30.7 Å². The molecule has 6 nitrogen and oxygen atoms in total. The van der Waals surface area contributed by atoms with Crippen molar-refractivity contribution in [3.05, 3.63) is 0 Å². The highest BCUT2D eigenvalue weighted by Gasteiger charge is 2.42. The number of hydrogen-bond acceptors (Lipinski definition) is 6. The minimum absolute atomic E-state index is 0.526. The number of aliphatic hydroxyl groups excluding tert-OH is 5. The van der Waals surface area contributed by atoms with E-state index in [1.165, 1.54) is 0 Å². The number of rotatable bonds is 1.